The summed E-state index contributed by atoms with van der Waals surface area (Å²) < 4.78 is 0.943. The van der Waals surface area contributed by atoms with Crippen LogP contribution in [0.15, 0.2) is 16.9 Å². The van der Waals surface area contributed by atoms with Crippen LogP contribution < -0.4 is 11.1 Å². The average molecular weight is 288 g/mol. The number of nitrogens with two attached hydrogens (primary N) is 1. The average Bonchev–Trinajstić information content (AvgIpc) is 2.25. The molecule has 2 heterocycles. The molecule has 0 radical (unpaired) electrons. The highest BCUT2D eigenvalue weighted by Crippen LogP contribution is 2.30. The second-order valence-corrected chi connectivity index (χ2v) is 5.65. The highest BCUT2D eigenvalue weighted by molar-refractivity contribution is 9.10. The minimum Gasteiger partial charge on any atom is -0.396 e. The van der Waals surface area contributed by atoms with E-state index in [9.17, 15) is 0 Å². The van der Waals surface area contributed by atoms with E-state index in [2.05, 4.69) is 26.2 Å². The Bertz CT molecular complexity index is 319. The van der Waals surface area contributed by atoms with Gasteiger partial charge < -0.3 is 11.1 Å². The number of anilines is 2. The normalized spacial score (nSPS) is 21.3. The van der Waals surface area contributed by atoms with Gasteiger partial charge in [0.25, 0.3) is 0 Å². The first-order chi connectivity index (χ1) is 7.27. The molecule has 1 aromatic rings. The number of nitrogens with one attached hydrogen (secondary N) is 1. The molecule has 0 amide bonds. The van der Waals surface area contributed by atoms with Gasteiger partial charge in [-0.1, -0.05) is 0 Å². The van der Waals surface area contributed by atoms with Crippen LogP contribution in [0.5, 0.6) is 0 Å². The predicted octanol–water partition coefficient (Wildman–Crippen LogP) is 2.73. The molecular formula is C10H14BrN3S. The topological polar surface area (TPSA) is 50.9 Å². The number of pyridine rings is 1. The largest absolute Gasteiger partial charge is 0.396 e. The van der Waals surface area contributed by atoms with Crippen molar-refractivity contribution in [3.8, 4) is 0 Å². The standard InChI is InChI=1S/C10H14BrN3S/c11-8-4-13-5-9(12)10(8)14-7-2-1-3-15-6-7/h4-5,7H,1-3,6,12H2,(H,13,14). The molecule has 2 rings (SSSR count). The molecule has 0 aromatic carbocycles. The van der Waals surface area contributed by atoms with E-state index in [1.165, 1.54) is 18.6 Å². The van der Waals surface area contributed by atoms with E-state index in [-0.39, 0.29) is 0 Å². The third-order valence-electron chi connectivity index (χ3n) is 2.44. The predicted molar refractivity (Wildman–Crippen MR) is 70.3 cm³/mol. The van der Waals surface area contributed by atoms with E-state index >= 15 is 0 Å². The summed E-state index contributed by atoms with van der Waals surface area (Å²) in [5.41, 5.74) is 7.57. The molecule has 0 bridgehead atoms. The molecule has 1 aliphatic rings. The van der Waals surface area contributed by atoms with Crippen LogP contribution in [0.3, 0.4) is 0 Å². The maximum Gasteiger partial charge on any atom is 0.0752 e. The zero-order chi connectivity index (χ0) is 10.7. The highest BCUT2D eigenvalue weighted by atomic mass is 79.9. The zero-order valence-corrected chi connectivity index (χ0v) is 10.8. The summed E-state index contributed by atoms with van der Waals surface area (Å²) in [5.74, 6) is 2.44. The van der Waals surface area contributed by atoms with Crippen LogP contribution in [0, 0.1) is 0 Å². The van der Waals surface area contributed by atoms with Crippen LogP contribution >= 0.6 is 27.7 Å². The van der Waals surface area contributed by atoms with Gasteiger partial charge >= 0.3 is 0 Å². The molecule has 1 aromatic heterocycles. The van der Waals surface area contributed by atoms with Crippen LogP contribution in [0.2, 0.25) is 0 Å². The highest BCUT2D eigenvalue weighted by Gasteiger charge is 2.15. The number of nitrogens with zero attached hydrogens (tertiary/aromatic N) is 1. The lowest BCUT2D eigenvalue weighted by atomic mass is 10.2. The summed E-state index contributed by atoms with van der Waals surface area (Å²) in [6.07, 6.45) is 5.96. The van der Waals surface area contributed by atoms with Crippen LogP contribution in [-0.4, -0.2) is 22.5 Å². The van der Waals surface area contributed by atoms with E-state index in [4.69, 9.17) is 5.73 Å². The number of aromatic nitrogens is 1. The molecule has 1 saturated heterocycles. The maximum atomic E-state index is 5.88. The molecule has 1 unspecified atom stereocenters. The lowest BCUT2D eigenvalue weighted by Crippen LogP contribution is -2.26. The molecule has 1 atom stereocenters. The van der Waals surface area contributed by atoms with Crippen LogP contribution in [-0.2, 0) is 0 Å². The van der Waals surface area contributed by atoms with Crippen molar-refractivity contribution in [1.82, 2.24) is 4.98 Å². The lowest BCUT2D eigenvalue weighted by molar-refractivity contribution is 0.685. The molecule has 3 nitrogen and oxygen atoms in total. The molecule has 1 aliphatic heterocycles. The van der Waals surface area contributed by atoms with Crippen molar-refractivity contribution < 1.29 is 0 Å². The van der Waals surface area contributed by atoms with Crippen molar-refractivity contribution >= 4 is 39.1 Å². The second kappa shape index (κ2) is 5.07. The Hall–Kier alpha value is -0.420. The molecular weight excluding hydrogens is 274 g/mol. The van der Waals surface area contributed by atoms with Crippen LogP contribution in [0.25, 0.3) is 0 Å². The van der Waals surface area contributed by atoms with Gasteiger partial charge in [0.1, 0.15) is 0 Å². The van der Waals surface area contributed by atoms with Gasteiger partial charge in [-0.2, -0.15) is 11.8 Å². The number of hydrogen-bond acceptors (Lipinski definition) is 4. The molecule has 5 heteroatoms. The monoisotopic (exact) mass is 287 g/mol. The van der Waals surface area contributed by atoms with Crippen LogP contribution in [0.1, 0.15) is 12.8 Å². The summed E-state index contributed by atoms with van der Waals surface area (Å²) in [7, 11) is 0. The van der Waals surface area contributed by atoms with E-state index in [1.807, 2.05) is 11.8 Å². The summed E-state index contributed by atoms with van der Waals surface area (Å²) in [4.78, 5) is 4.02. The van der Waals surface area contributed by atoms with Crippen LogP contribution in [0.4, 0.5) is 11.4 Å². The number of nitrogen functional groups attached to an aromatic ring is 1. The first kappa shape index (κ1) is 11.1. The SMILES string of the molecule is Nc1cncc(Br)c1NC1CCCSC1. The van der Waals surface area contributed by atoms with E-state index in [0.29, 0.717) is 11.7 Å². The first-order valence-corrected chi connectivity index (χ1v) is 6.95. The Morgan fingerprint density at radius 2 is 2.40 bits per heavy atom. The van der Waals surface area contributed by atoms with E-state index in [0.717, 1.165) is 15.9 Å². The Morgan fingerprint density at radius 1 is 1.53 bits per heavy atom. The number of hydrogen-bond donors (Lipinski definition) is 2. The van der Waals surface area contributed by atoms with Crippen molar-refractivity contribution in [1.29, 1.82) is 0 Å². The first-order valence-electron chi connectivity index (χ1n) is 5.00. The van der Waals surface area contributed by atoms with Crippen molar-refractivity contribution in [2.45, 2.75) is 18.9 Å². The molecule has 15 heavy (non-hydrogen) atoms. The summed E-state index contributed by atoms with van der Waals surface area (Å²) >= 11 is 5.46. The summed E-state index contributed by atoms with van der Waals surface area (Å²) in [6, 6.07) is 0.532. The molecule has 0 spiro atoms. The third-order valence-corrected chi connectivity index (χ3v) is 4.25. The Kier molecular flexibility index (Phi) is 3.75. The van der Waals surface area contributed by atoms with Gasteiger partial charge in [0.2, 0.25) is 0 Å². The number of rotatable bonds is 2. The molecule has 1 fully saturated rings. The quantitative estimate of drug-likeness (QED) is 0.878. The number of halogens is 1. The summed E-state index contributed by atoms with van der Waals surface area (Å²) in [5, 5.41) is 3.48. The Morgan fingerprint density at radius 3 is 3.07 bits per heavy atom. The molecule has 0 saturated carbocycles. The molecule has 0 aliphatic carbocycles. The maximum absolute atomic E-state index is 5.88. The molecule has 3 N–H and O–H groups in total. The molecule has 82 valence electrons. The fourth-order valence-electron chi connectivity index (χ4n) is 1.66. The van der Waals surface area contributed by atoms with Gasteiger partial charge in [-0.15, -0.1) is 0 Å². The zero-order valence-electron chi connectivity index (χ0n) is 8.37. The van der Waals surface area contributed by atoms with Gasteiger partial charge in [-0.05, 0) is 34.5 Å². The van der Waals surface area contributed by atoms with Gasteiger partial charge in [0, 0.05) is 18.0 Å². The smallest absolute Gasteiger partial charge is 0.0752 e. The fraction of sp³-hybridized carbons (Fsp3) is 0.500. The Balaban J connectivity index is 2.09. The van der Waals surface area contributed by atoms with Gasteiger partial charge in [0.05, 0.1) is 22.0 Å². The fourth-order valence-corrected chi connectivity index (χ4v) is 3.19. The van der Waals surface area contributed by atoms with Crippen molar-refractivity contribution in [2.75, 3.05) is 22.6 Å². The second-order valence-electron chi connectivity index (χ2n) is 3.64. The minimum absolute atomic E-state index is 0.532. The summed E-state index contributed by atoms with van der Waals surface area (Å²) in [6.45, 7) is 0. The lowest BCUT2D eigenvalue weighted by Gasteiger charge is -2.24. The van der Waals surface area contributed by atoms with E-state index < -0.39 is 0 Å². The van der Waals surface area contributed by atoms with E-state index in [1.54, 1.807) is 12.4 Å². The van der Waals surface area contributed by atoms with Gasteiger partial charge in [0.15, 0.2) is 0 Å². The van der Waals surface area contributed by atoms with Gasteiger partial charge in [-0.3, -0.25) is 4.98 Å². The van der Waals surface area contributed by atoms with Crippen molar-refractivity contribution in [3.05, 3.63) is 16.9 Å². The Labute approximate surface area is 102 Å². The van der Waals surface area contributed by atoms with Gasteiger partial charge in [-0.25, -0.2) is 0 Å². The van der Waals surface area contributed by atoms with Crippen molar-refractivity contribution in [2.24, 2.45) is 0 Å². The number of thioether (sulfide) groups is 1. The minimum atomic E-state index is 0.532. The third kappa shape index (κ3) is 2.78. The van der Waals surface area contributed by atoms with Crippen molar-refractivity contribution in [3.63, 3.8) is 0 Å².